The van der Waals surface area contributed by atoms with Gasteiger partial charge in [0.25, 0.3) is 6.47 Å². The van der Waals surface area contributed by atoms with E-state index in [0.29, 0.717) is 18.7 Å². The Labute approximate surface area is 160 Å². The van der Waals surface area contributed by atoms with Crippen molar-refractivity contribution < 1.29 is 32.5 Å². The number of morpholine rings is 1. The maximum Gasteiger partial charge on any atom is 0.573 e. The van der Waals surface area contributed by atoms with Crippen molar-refractivity contribution in [2.45, 2.75) is 25.1 Å². The Morgan fingerprint density at radius 1 is 1.25 bits per heavy atom. The predicted molar refractivity (Wildman–Crippen MR) is 96.5 cm³/mol. The van der Waals surface area contributed by atoms with Crippen LogP contribution in [0, 0.1) is 0 Å². The van der Waals surface area contributed by atoms with Crippen LogP contribution in [0.15, 0.2) is 48.5 Å². The van der Waals surface area contributed by atoms with Crippen molar-refractivity contribution >= 4 is 6.47 Å². The Kier molecular flexibility index (Phi) is 7.00. The van der Waals surface area contributed by atoms with Gasteiger partial charge in [0.2, 0.25) is 0 Å². The van der Waals surface area contributed by atoms with Crippen molar-refractivity contribution in [1.29, 1.82) is 0 Å². The summed E-state index contributed by atoms with van der Waals surface area (Å²) in [5, 5.41) is 10.1. The summed E-state index contributed by atoms with van der Waals surface area (Å²) >= 11 is 0. The number of nitrogens with one attached hydrogen (secondary N) is 1. The molecule has 0 bridgehead atoms. The van der Waals surface area contributed by atoms with Gasteiger partial charge in [-0.15, -0.1) is 13.2 Å². The van der Waals surface area contributed by atoms with Crippen LogP contribution in [0.3, 0.4) is 0 Å². The number of rotatable bonds is 3. The molecule has 0 aromatic heterocycles. The molecule has 0 aliphatic carbocycles. The van der Waals surface area contributed by atoms with Crippen LogP contribution in [-0.2, 0) is 15.1 Å². The highest BCUT2D eigenvalue weighted by Gasteiger charge is 2.33. The van der Waals surface area contributed by atoms with E-state index in [1.807, 2.05) is 31.2 Å². The zero-order valence-corrected chi connectivity index (χ0v) is 15.1. The fourth-order valence-corrected chi connectivity index (χ4v) is 2.94. The summed E-state index contributed by atoms with van der Waals surface area (Å²) in [5.74, 6) is -0.251. The number of ether oxygens (including phenoxy) is 2. The first kappa shape index (κ1) is 21.7. The normalized spacial score (nSPS) is 22.0. The van der Waals surface area contributed by atoms with Crippen molar-refractivity contribution in [1.82, 2.24) is 5.32 Å². The zero-order valence-electron chi connectivity index (χ0n) is 15.1. The first-order valence-corrected chi connectivity index (χ1v) is 8.35. The van der Waals surface area contributed by atoms with Gasteiger partial charge in [-0.1, -0.05) is 30.3 Å². The summed E-state index contributed by atoms with van der Waals surface area (Å²) < 4.78 is 47.1. The van der Waals surface area contributed by atoms with Crippen molar-refractivity contribution in [3.05, 3.63) is 54.1 Å². The van der Waals surface area contributed by atoms with E-state index in [9.17, 15) is 13.2 Å². The fraction of sp³-hybridized carbons (Fsp3) is 0.316. The largest absolute Gasteiger partial charge is 0.573 e. The molecule has 2 atom stereocenters. The van der Waals surface area contributed by atoms with Crippen LogP contribution in [0.5, 0.6) is 5.75 Å². The lowest BCUT2D eigenvalue weighted by molar-refractivity contribution is -0.274. The molecule has 4 N–H and O–H groups in total. The molecule has 1 aliphatic rings. The Balaban J connectivity index is 0.000000878. The molecule has 2 aromatic carbocycles. The van der Waals surface area contributed by atoms with Crippen molar-refractivity contribution in [2.24, 2.45) is 5.73 Å². The topological polar surface area (TPSA) is 93.8 Å². The second kappa shape index (κ2) is 9.05. The molecule has 28 heavy (non-hydrogen) atoms. The van der Waals surface area contributed by atoms with E-state index in [1.54, 1.807) is 6.07 Å². The Morgan fingerprint density at radius 3 is 2.46 bits per heavy atom. The summed E-state index contributed by atoms with van der Waals surface area (Å²) in [5.41, 5.74) is 7.56. The van der Waals surface area contributed by atoms with Crippen LogP contribution in [0.25, 0.3) is 11.1 Å². The van der Waals surface area contributed by atoms with Crippen LogP contribution >= 0.6 is 0 Å². The highest BCUT2D eigenvalue weighted by molar-refractivity contribution is 5.66. The second-order valence-corrected chi connectivity index (χ2v) is 6.28. The third kappa shape index (κ3) is 5.95. The van der Waals surface area contributed by atoms with Gasteiger partial charge >= 0.3 is 6.36 Å². The maximum atomic E-state index is 12.4. The lowest BCUT2D eigenvalue weighted by atomic mass is 9.91. The number of halogens is 3. The molecule has 1 aliphatic heterocycles. The van der Waals surface area contributed by atoms with Crippen LogP contribution in [0.4, 0.5) is 13.2 Å². The monoisotopic (exact) mass is 398 g/mol. The summed E-state index contributed by atoms with van der Waals surface area (Å²) in [6, 6.07) is 13.4. The minimum absolute atomic E-state index is 0.250. The molecule has 1 saturated heterocycles. The second-order valence-electron chi connectivity index (χ2n) is 6.28. The average molecular weight is 398 g/mol. The minimum atomic E-state index is -4.72. The van der Waals surface area contributed by atoms with Gasteiger partial charge in [-0.05, 0) is 41.8 Å². The van der Waals surface area contributed by atoms with E-state index in [-0.39, 0.29) is 12.2 Å². The summed E-state index contributed by atoms with van der Waals surface area (Å²) in [6.07, 6.45) is -5.13. The summed E-state index contributed by atoms with van der Waals surface area (Å²) in [6.45, 7) is 2.86. The highest BCUT2D eigenvalue weighted by Crippen LogP contribution is 2.33. The highest BCUT2D eigenvalue weighted by atomic mass is 19.4. The molecule has 6 nitrogen and oxygen atoms in total. The first-order chi connectivity index (χ1) is 13.2. The Morgan fingerprint density at radius 2 is 1.86 bits per heavy atom. The number of carboxylic acid groups (broad SMARTS) is 1. The minimum Gasteiger partial charge on any atom is -0.483 e. The maximum absolute atomic E-state index is 12.4. The van der Waals surface area contributed by atoms with Gasteiger partial charge in [-0.25, -0.2) is 0 Å². The van der Waals surface area contributed by atoms with Crippen LogP contribution in [-0.4, -0.2) is 37.3 Å². The molecule has 0 spiro atoms. The first-order valence-electron chi connectivity index (χ1n) is 8.35. The lowest BCUT2D eigenvalue weighted by Crippen LogP contribution is -2.53. The predicted octanol–water partition coefficient (Wildman–Crippen LogP) is 3.07. The quantitative estimate of drug-likeness (QED) is 0.688. The number of benzene rings is 2. The van der Waals surface area contributed by atoms with E-state index in [0.717, 1.165) is 11.1 Å². The van der Waals surface area contributed by atoms with E-state index >= 15 is 0 Å². The number of hydrogen-bond donors (Lipinski definition) is 3. The lowest BCUT2D eigenvalue weighted by Gasteiger charge is -2.38. The van der Waals surface area contributed by atoms with Gasteiger partial charge in [0.1, 0.15) is 17.6 Å². The van der Waals surface area contributed by atoms with Gasteiger partial charge in [0.15, 0.2) is 0 Å². The molecular formula is C19H21F3N2O4. The summed E-state index contributed by atoms with van der Waals surface area (Å²) in [4.78, 5) is 8.36. The molecule has 1 fully saturated rings. The SMILES string of the molecule is CC1(c2cccc(-c3cccc(OC(F)(F)F)c3)c2)CNCC(N)O1.O=CO. The molecule has 0 radical (unpaired) electrons. The molecule has 0 saturated carbocycles. The van der Waals surface area contributed by atoms with Crippen molar-refractivity contribution in [3.8, 4) is 16.9 Å². The third-order valence-corrected chi connectivity index (χ3v) is 4.09. The zero-order chi connectivity index (χ0) is 20.8. The average Bonchev–Trinajstić information content (AvgIpc) is 2.61. The molecular weight excluding hydrogens is 377 g/mol. The molecule has 0 amide bonds. The Bertz CT molecular complexity index is 801. The van der Waals surface area contributed by atoms with E-state index in [4.69, 9.17) is 20.4 Å². The molecule has 2 aromatic rings. The van der Waals surface area contributed by atoms with Crippen molar-refractivity contribution in [2.75, 3.05) is 13.1 Å². The van der Waals surface area contributed by atoms with Crippen LogP contribution < -0.4 is 15.8 Å². The van der Waals surface area contributed by atoms with Gasteiger partial charge < -0.3 is 25.6 Å². The van der Waals surface area contributed by atoms with E-state index < -0.39 is 18.2 Å². The van der Waals surface area contributed by atoms with Gasteiger partial charge in [-0.3, -0.25) is 4.79 Å². The van der Waals surface area contributed by atoms with Gasteiger partial charge in [0, 0.05) is 13.1 Å². The van der Waals surface area contributed by atoms with Gasteiger partial charge in [0.05, 0.1) is 0 Å². The van der Waals surface area contributed by atoms with Crippen molar-refractivity contribution in [3.63, 3.8) is 0 Å². The molecule has 1 heterocycles. The molecule has 2 unspecified atom stereocenters. The fourth-order valence-electron chi connectivity index (χ4n) is 2.94. The molecule has 3 rings (SSSR count). The number of hydrogen-bond acceptors (Lipinski definition) is 5. The van der Waals surface area contributed by atoms with E-state index in [1.165, 1.54) is 18.2 Å². The number of carbonyl (C=O) groups is 1. The Hall–Kier alpha value is -2.62. The van der Waals surface area contributed by atoms with Crippen LogP contribution in [0.1, 0.15) is 12.5 Å². The number of alkyl halides is 3. The molecule has 9 heteroatoms. The van der Waals surface area contributed by atoms with Gasteiger partial charge in [-0.2, -0.15) is 0 Å². The third-order valence-electron chi connectivity index (χ3n) is 4.09. The summed E-state index contributed by atoms with van der Waals surface area (Å²) in [7, 11) is 0. The molecule has 152 valence electrons. The van der Waals surface area contributed by atoms with E-state index in [2.05, 4.69) is 10.1 Å². The van der Waals surface area contributed by atoms with Crippen LogP contribution in [0.2, 0.25) is 0 Å². The smallest absolute Gasteiger partial charge is 0.483 e. The standard InChI is InChI=1S/C18H19F3N2O2.CH2O2/c1-17(11-23-10-16(22)25-17)14-6-2-4-12(8-14)13-5-3-7-15(9-13)24-18(19,20)21;2-1-3/h2-9,16,23H,10-11,22H2,1H3;1H,(H,2,3). The number of nitrogens with two attached hydrogens (primary N) is 1.